The van der Waals surface area contributed by atoms with Crippen LogP contribution in [0.4, 0.5) is 4.39 Å². The number of carbonyl (C=O) groups excluding carboxylic acids is 2. The Balaban J connectivity index is 2.13. The second kappa shape index (κ2) is 10.2. The molecule has 2 rings (SSSR count). The van der Waals surface area contributed by atoms with Crippen molar-refractivity contribution in [2.75, 3.05) is 20.8 Å². The van der Waals surface area contributed by atoms with Crippen molar-refractivity contribution in [1.82, 2.24) is 5.43 Å². The van der Waals surface area contributed by atoms with Gasteiger partial charge in [-0.2, -0.15) is 10.4 Å². The molecule has 0 saturated carbocycles. The lowest BCUT2D eigenvalue weighted by Crippen LogP contribution is -2.19. The first-order chi connectivity index (χ1) is 13.9. The van der Waals surface area contributed by atoms with Crippen LogP contribution in [0, 0.1) is 17.1 Å². The summed E-state index contributed by atoms with van der Waals surface area (Å²) in [5, 5.41) is 12.5. The van der Waals surface area contributed by atoms with Crippen LogP contribution in [-0.4, -0.2) is 38.9 Å². The van der Waals surface area contributed by atoms with Crippen molar-refractivity contribution < 1.29 is 28.2 Å². The number of amides is 1. The molecular weight excluding hydrogens is 449 g/mol. The minimum Gasteiger partial charge on any atom is -0.493 e. The van der Waals surface area contributed by atoms with Crippen molar-refractivity contribution >= 4 is 34.0 Å². The molecule has 0 heterocycles. The molecule has 1 amide bonds. The maximum absolute atomic E-state index is 13.9. The minimum absolute atomic E-state index is 0.105. The van der Waals surface area contributed by atoms with Gasteiger partial charge in [0.25, 0.3) is 5.91 Å². The highest BCUT2D eigenvalue weighted by atomic mass is 79.9. The third-order valence-electron chi connectivity index (χ3n) is 3.57. The summed E-state index contributed by atoms with van der Waals surface area (Å²) in [6.45, 7) is -0.293. The number of methoxy groups -OCH3 is 2. The smallest absolute Gasteiger partial charge is 0.343 e. The standard InChI is InChI=1S/C19H15BrFN3O5/c1-27-16-6-12(14(20)7-17(16)29-10-18(25)28-2)9-23-24-19(26)13-4-3-11(8-22)5-15(13)21/h3-7,9H,10H2,1-2H3,(H,24,26)/b23-9+. The number of esters is 1. The van der Waals surface area contributed by atoms with Gasteiger partial charge in [0, 0.05) is 10.0 Å². The molecule has 0 atom stereocenters. The van der Waals surface area contributed by atoms with Gasteiger partial charge in [0.2, 0.25) is 0 Å². The summed E-state index contributed by atoms with van der Waals surface area (Å²) in [6.07, 6.45) is 1.32. The zero-order valence-electron chi connectivity index (χ0n) is 15.4. The van der Waals surface area contributed by atoms with E-state index in [2.05, 4.69) is 31.2 Å². The lowest BCUT2D eigenvalue weighted by Gasteiger charge is -2.11. The van der Waals surface area contributed by atoms with Crippen LogP contribution < -0.4 is 14.9 Å². The van der Waals surface area contributed by atoms with Crippen LogP contribution in [0.5, 0.6) is 11.5 Å². The molecule has 0 bridgehead atoms. The second-order valence-electron chi connectivity index (χ2n) is 5.39. The van der Waals surface area contributed by atoms with Gasteiger partial charge >= 0.3 is 5.97 Å². The Kier molecular flexibility index (Phi) is 7.68. The summed E-state index contributed by atoms with van der Waals surface area (Å²) < 4.78 is 29.5. The summed E-state index contributed by atoms with van der Waals surface area (Å²) in [6, 6.07) is 8.40. The highest BCUT2D eigenvalue weighted by molar-refractivity contribution is 9.10. The van der Waals surface area contributed by atoms with E-state index >= 15 is 0 Å². The Bertz CT molecular complexity index is 1000. The third-order valence-corrected chi connectivity index (χ3v) is 4.26. The molecule has 8 nitrogen and oxygen atoms in total. The van der Waals surface area contributed by atoms with E-state index in [9.17, 15) is 14.0 Å². The lowest BCUT2D eigenvalue weighted by molar-refractivity contribution is -0.142. The number of hydrogen-bond donors (Lipinski definition) is 1. The number of hydrogen-bond acceptors (Lipinski definition) is 7. The van der Waals surface area contributed by atoms with Crippen LogP contribution in [0.15, 0.2) is 39.9 Å². The van der Waals surface area contributed by atoms with E-state index in [4.69, 9.17) is 14.7 Å². The number of benzene rings is 2. The van der Waals surface area contributed by atoms with E-state index in [0.29, 0.717) is 21.5 Å². The zero-order chi connectivity index (χ0) is 21.4. The van der Waals surface area contributed by atoms with Crippen LogP contribution >= 0.6 is 15.9 Å². The molecule has 29 heavy (non-hydrogen) atoms. The quantitative estimate of drug-likeness (QED) is 0.384. The first-order valence-corrected chi connectivity index (χ1v) is 8.79. The normalized spacial score (nSPS) is 10.3. The van der Waals surface area contributed by atoms with E-state index in [1.54, 1.807) is 18.2 Å². The molecule has 2 aromatic carbocycles. The Hall–Kier alpha value is -3.45. The number of rotatable bonds is 7. The number of nitrogens with one attached hydrogen (secondary N) is 1. The molecule has 0 saturated heterocycles. The van der Waals surface area contributed by atoms with Gasteiger partial charge in [-0.25, -0.2) is 14.6 Å². The summed E-state index contributed by atoms with van der Waals surface area (Å²) in [5.74, 6) is -1.53. The largest absolute Gasteiger partial charge is 0.493 e. The fraction of sp³-hybridized carbons (Fsp3) is 0.158. The molecule has 10 heteroatoms. The van der Waals surface area contributed by atoms with Crippen LogP contribution in [0.2, 0.25) is 0 Å². The predicted octanol–water partition coefficient (Wildman–Crippen LogP) is 2.78. The Morgan fingerprint density at radius 2 is 2.03 bits per heavy atom. The molecular formula is C19H15BrFN3O5. The highest BCUT2D eigenvalue weighted by Crippen LogP contribution is 2.33. The molecule has 0 spiro atoms. The van der Waals surface area contributed by atoms with Gasteiger partial charge in [0.05, 0.1) is 37.6 Å². The van der Waals surface area contributed by atoms with Gasteiger partial charge in [-0.05, 0) is 46.3 Å². The number of carbonyl (C=O) groups is 2. The Morgan fingerprint density at radius 1 is 1.28 bits per heavy atom. The summed E-state index contributed by atoms with van der Waals surface area (Å²) >= 11 is 3.33. The lowest BCUT2D eigenvalue weighted by atomic mass is 10.1. The van der Waals surface area contributed by atoms with Crippen LogP contribution in [0.1, 0.15) is 21.5 Å². The molecule has 0 aliphatic rings. The number of ether oxygens (including phenoxy) is 3. The zero-order valence-corrected chi connectivity index (χ0v) is 16.9. The highest BCUT2D eigenvalue weighted by Gasteiger charge is 2.13. The summed E-state index contributed by atoms with van der Waals surface area (Å²) in [5.41, 5.74) is 2.59. The number of nitrogens with zero attached hydrogens (tertiary/aromatic N) is 2. The Labute approximate surface area is 174 Å². The van der Waals surface area contributed by atoms with Gasteiger partial charge in [0.1, 0.15) is 5.82 Å². The van der Waals surface area contributed by atoms with E-state index < -0.39 is 17.7 Å². The summed E-state index contributed by atoms with van der Waals surface area (Å²) in [4.78, 5) is 23.3. The molecule has 150 valence electrons. The van der Waals surface area contributed by atoms with E-state index in [-0.39, 0.29) is 17.7 Å². The van der Waals surface area contributed by atoms with Crippen molar-refractivity contribution in [2.24, 2.45) is 5.10 Å². The fourth-order valence-corrected chi connectivity index (χ4v) is 2.53. The minimum atomic E-state index is -0.827. The first-order valence-electron chi connectivity index (χ1n) is 7.99. The number of hydrazone groups is 1. The van der Waals surface area contributed by atoms with Crippen molar-refractivity contribution in [3.8, 4) is 17.6 Å². The van der Waals surface area contributed by atoms with E-state index in [0.717, 1.165) is 6.07 Å². The number of halogens is 2. The average Bonchev–Trinajstić information content (AvgIpc) is 2.72. The average molecular weight is 464 g/mol. The SMILES string of the molecule is COC(=O)COc1cc(Br)c(/C=N/NC(=O)c2ccc(C#N)cc2F)cc1OC. The van der Waals surface area contributed by atoms with Gasteiger partial charge in [-0.15, -0.1) is 0 Å². The molecule has 0 aliphatic heterocycles. The maximum Gasteiger partial charge on any atom is 0.343 e. The maximum atomic E-state index is 13.9. The van der Waals surface area contributed by atoms with Crippen LogP contribution in [0.3, 0.4) is 0 Å². The molecule has 0 unspecified atom stereocenters. The van der Waals surface area contributed by atoms with Crippen molar-refractivity contribution in [3.05, 3.63) is 57.3 Å². The van der Waals surface area contributed by atoms with E-state index in [1.165, 1.54) is 32.6 Å². The molecule has 1 N–H and O–H groups in total. The monoisotopic (exact) mass is 463 g/mol. The molecule has 0 radical (unpaired) electrons. The van der Waals surface area contributed by atoms with Gasteiger partial charge in [-0.3, -0.25) is 4.79 Å². The van der Waals surface area contributed by atoms with Crippen molar-refractivity contribution in [1.29, 1.82) is 5.26 Å². The third kappa shape index (κ3) is 5.76. The van der Waals surface area contributed by atoms with Gasteiger partial charge in [0.15, 0.2) is 18.1 Å². The predicted molar refractivity (Wildman–Crippen MR) is 104 cm³/mol. The summed E-state index contributed by atoms with van der Waals surface area (Å²) in [7, 11) is 2.67. The van der Waals surface area contributed by atoms with Crippen molar-refractivity contribution in [3.63, 3.8) is 0 Å². The molecule has 2 aromatic rings. The molecule has 0 fully saturated rings. The van der Waals surface area contributed by atoms with Crippen molar-refractivity contribution in [2.45, 2.75) is 0 Å². The Morgan fingerprint density at radius 3 is 2.66 bits per heavy atom. The first kappa shape index (κ1) is 21.8. The molecule has 0 aliphatic carbocycles. The van der Waals surface area contributed by atoms with E-state index in [1.807, 2.05) is 0 Å². The fourth-order valence-electron chi connectivity index (χ4n) is 2.11. The topological polar surface area (TPSA) is 110 Å². The second-order valence-corrected chi connectivity index (χ2v) is 6.25. The van der Waals surface area contributed by atoms with Gasteiger partial charge in [-0.1, -0.05) is 0 Å². The van der Waals surface area contributed by atoms with Crippen LogP contribution in [0.25, 0.3) is 0 Å². The molecule has 0 aromatic heterocycles. The van der Waals surface area contributed by atoms with Gasteiger partial charge < -0.3 is 14.2 Å². The van der Waals surface area contributed by atoms with Crippen LogP contribution in [-0.2, 0) is 9.53 Å². The number of nitriles is 1.